The summed E-state index contributed by atoms with van der Waals surface area (Å²) >= 11 is 0. The molecule has 3 aromatic rings. The van der Waals surface area contributed by atoms with E-state index < -0.39 is 0 Å². The van der Waals surface area contributed by atoms with Crippen LogP contribution in [0.3, 0.4) is 0 Å². The minimum Gasteiger partial charge on any atom is -0.508 e. The zero-order chi connectivity index (χ0) is 17.8. The third kappa shape index (κ3) is 3.85. The first-order valence-electron chi connectivity index (χ1n) is 7.96. The number of nitrogens with one attached hydrogen (secondary N) is 1. The summed E-state index contributed by atoms with van der Waals surface area (Å²) in [4.78, 5) is 13.1. The first-order valence-corrected chi connectivity index (χ1v) is 7.96. The lowest BCUT2D eigenvalue weighted by Gasteiger charge is -2.18. The molecule has 0 fully saturated rings. The Bertz CT molecular complexity index is 869. The molecule has 0 amide bonds. The van der Waals surface area contributed by atoms with Crippen LogP contribution >= 0.6 is 0 Å². The van der Waals surface area contributed by atoms with Crippen molar-refractivity contribution in [2.45, 2.75) is 19.9 Å². The van der Waals surface area contributed by atoms with E-state index in [1.807, 2.05) is 38.1 Å². The van der Waals surface area contributed by atoms with E-state index in [4.69, 9.17) is 4.74 Å². The minimum atomic E-state index is -0.161. The Morgan fingerprint density at radius 2 is 2.00 bits per heavy atom. The SMILES string of the molecule is COc1ccc(O)c(C(C)Nc2cc(C)nc(-c3cccnc3)n2)c1. The molecule has 2 N–H and O–H groups in total. The number of anilines is 1. The smallest absolute Gasteiger partial charge is 0.163 e. The number of rotatable bonds is 5. The number of aromatic nitrogens is 3. The molecule has 3 rings (SSSR count). The largest absolute Gasteiger partial charge is 0.508 e. The molecule has 0 radical (unpaired) electrons. The topological polar surface area (TPSA) is 80.2 Å². The summed E-state index contributed by atoms with van der Waals surface area (Å²) in [5.41, 5.74) is 2.43. The van der Waals surface area contributed by atoms with Crippen LogP contribution in [0.25, 0.3) is 11.4 Å². The molecule has 6 heteroatoms. The number of methoxy groups -OCH3 is 1. The molecular formula is C19H20N4O2. The van der Waals surface area contributed by atoms with Gasteiger partial charge in [-0.1, -0.05) is 0 Å². The van der Waals surface area contributed by atoms with E-state index in [1.165, 1.54) is 0 Å². The van der Waals surface area contributed by atoms with Gasteiger partial charge in [-0.25, -0.2) is 9.97 Å². The number of benzene rings is 1. The van der Waals surface area contributed by atoms with Crippen molar-refractivity contribution in [3.8, 4) is 22.9 Å². The van der Waals surface area contributed by atoms with Gasteiger partial charge in [0.05, 0.1) is 13.2 Å². The standard InChI is InChI=1S/C19H20N4O2/c1-12-9-18(23-19(21-12)14-5-4-8-20-11-14)22-13(2)16-10-15(25-3)6-7-17(16)24/h4-11,13,24H,1-3H3,(H,21,22,23). The molecule has 128 valence electrons. The molecule has 1 unspecified atom stereocenters. The van der Waals surface area contributed by atoms with Gasteiger partial charge in [-0.15, -0.1) is 0 Å². The average molecular weight is 336 g/mol. The molecule has 25 heavy (non-hydrogen) atoms. The van der Waals surface area contributed by atoms with Crippen LogP contribution in [0.1, 0.15) is 24.2 Å². The number of phenols is 1. The van der Waals surface area contributed by atoms with Gasteiger partial charge in [0.15, 0.2) is 5.82 Å². The van der Waals surface area contributed by atoms with Crippen LogP contribution in [0.2, 0.25) is 0 Å². The number of hydrogen-bond acceptors (Lipinski definition) is 6. The quantitative estimate of drug-likeness (QED) is 0.739. The van der Waals surface area contributed by atoms with Crippen molar-refractivity contribution < 1.29 is 9.84 Å². The molecule has 2 aromatic heterocycles. The van der Waals surface area contributed by atoms with Gasteiger partial charge < -0.3 is 15.2 Å². The van der Waals surface area contributed by atoms with Gasteiger partial charge in [0.25, 0.3) is 0 Å². The lowest BCUT2D eigenvalue weighted by molar-refractivity contribution is 0.410. The maximum absolute atomic E-state index is 10.1. The highest BCUT2D eigenvalue weighted by Crippen LogP contribution is 2.30. The van der Waals surface area contributed by atoms with Gasteiger partial charge in [-0.3, -0.25) is 4.98 Å². The molecule has 6 nitrogen and oxygen atoms in total. The second-order valence-electron chi connectivity index (χ2n) is 5.75. The molecule has 0 saturated carbocycles. The lowest BCUT2D eigenvalue weighted by atomic mass is 10.1. The Labute approximate surface area is 146 Å². The average Bonchev–Trinajstić information content (AvgIpc) is 2.62. The van der Waals surface area contributed by atoms with E-state index in [2.05, 4.69) is 20.3 Å². The van der Waals surface area contributed by atoms with Crippen LogP contribution in [0.5, 0.6) is 11.5 Å². The summed E-state index contributed by atoms with van der Waals surface area (Å²) in [7, 11) is 1.60. The van der Waals surface area contributed by atoms with Crippen LogP contribution in [0.4, 0.5) is 5.82 Å². The molecule has 0 bridgehead atoms. The molecule has 0 saturated heterocycles. The van der Waals surface area contributed by atoms with Crippen molar-refractivity contribution in [3.63, 3.8) is 0 Å². The molecule has 0 aliphatic carbocycles. The van der Waals surface area contributed by atoms with Gasteiger partial charge >= 0.3 is 0 Å². The van der Waals surface area contributed by atoms with E-state index in [-0.39, 0.29) is 11.8 Å². The first kappa shape index (κ1) is 16.7. The fraction of sp³-hybridized carbons (Fsp3) is 0.211. The lowest BCUT2D eigenvalue weighted by Crippen LogP contribution is -2.09. The normalized spacial score (nSPS) is 11.8. The Balaban J connectivity index is 1.89. The van der Waals surface area contributed by atoms with E-state index in [0.29, 0.717) is 17.4 Å². The van der Waals surface area contributed by atoms with Gasteiger partial charge in [-0.2, -0.15) is 0 Å². The van der Waals surface area contributed by atoms with Crippen molar-refractivity contribution in [2.24, 2.45) is 0 Å². The van der Waals surface area contributed by atoms with Crippen molar-refractivity contribution in [1.82, 2.24) is 15.0 Å². The van der Waals surface area contributed by atoms with Crippen LogP contribution in [-0.4, -0.2) is 27.2 Å². The van der Waals surface area contributed by atoms with Crippen LogP contribution in [-0.2, 0) is 0 Å². The van der Waals surface area contributed by atoms with E-state index >= 15 is 0 Å². The Hall–Kier alpha value is -3.15. The number of ether oxygens (including phenoxy) is 1. The first-order chi connectivity index (χ1) is 12.1. The van der Waals surface area contributed by atoms with Crippen molar-refractivity contribution in [1.29, 1.82) is 0 Å². The van der Waals surface area contributed by atoms with E-state index in [1.54, 1.807) is 31.6 Å². The molecule has 1 atom stereocenters. The predicted molar refractivity (Wildman–Crippen MR) is 96.7 cm³/mol. The van der Waals surface area contributed by atoms with Gasteiger partial charge in [0, 0.05) is 35.3 Å². The molecular weight excluding hydrogens is 316 g/mol. The molecule has 2 heterocycles. The molecule has 1 aromatic carbocycles. The number of aromatic hydroxyl groups is 1. The van der Waals surface area contributed by atoms with Crippen LogP contribution in [0, 0.1) is 6.92 Å². The third-order valence-electron chi connectivity index (χ3n) is 3.84. The number of phenolic OH excluding ortho intramolecular Hbond substituents is 1. The monoisotopic (exact) mass is 336 g/mol. The minimum absolute atomic E-state index is 0.161. The molecule has 0 spiro atoms. The summed E-state index contributed by atoms with van der Waals surface area (Å²) in [5.74, 6) is 2.19. The highest BCUT2D eigenvalue weighted by molar-refractivity contribution is 5.56. The second-order valence-corrected chi connectivity index (χ2v) is 5.75. The van der Waals surface area contributed by atoms with Crippen LogP contribution in [0.15, 0.2) is 48.8 Å². The highest BCUT2D eigenvalue weighted by atomic mass is 16.5. The molecule has 0 aliphatic rings. The number of hydrogen-bond donors (Lipinski definition) is 2. The predicted octanol–water partition coefficient (Wildman–Crippen LogP) is 3.73. The molecule has 0 aliphatic heterocycles. The van der Waals surface area contributed by atoms with Crippen molar-refractivity contribution in [3.05, 3.63) is 60.0 Å². The van der Waals surface area contributed by atoms with Gasteiger partial charge in [0.1, 0.15) is 17.3 Å². The summed E-state index contributed by atoms with van der Waals surface area (Å²) in [6, 6.07) is 10.6. The Morgan fingerprint density at radius 3 is 2.72 bits per heavy atom. The number of aryl methyl sites for hydroxylation is 1. The zero-order valence-corrected chi connectivity index (χ0v) is 14.4. The number of pyridine rings is 1. The van der Waals surface area contributed by atoms with Crippen molar-refractivity contribution >= 4 is 5.82 Å². The van der Waals surface area contributed by atoms with Gasteiger partial charge in [-0.05, 0) is 44.2 Å². The fourth-order valence-corrected chi connectivity index (χ4v) is 2.57. The maximum atomic E-state index is 10.1. The fourth-order valence-electron chi connectivity index (χ4n) is 2.57. The van der Waals surface area contributed by atoms with E-state index in [0.717, 1.165) is 16.8 Å². The Kier molecular flexibility index (Phi) is 4.79. The Morgan fingerprint density at radius 1 is 1.16 bits per heavy atom. The van der Waals surface area contributed by atoms with E-state index in [9.17, 15) is 5.11 Å². The van der Waals surface area contributed by atoms with Gasteiger partial charge in [0.2, 0.25) is 0 Å². The number of nitrogens with zero attached hydrogens (tertiary/aromatic N) is 3. The van der Waals surface area contributed by atoms with Crippen LogP contribution < -0.4 is 10.1 Å². The zero-order valence-electron chi connectivity index (χ0n) is 14.4. The van der Waals surface area contributed by atoms with Crippen molar-refractivity contribution in [2.75, 3.05) is 12.4 Å². The maximum Gasteiger partial charge on any atom is 0.163 e. The summed E-state index contributed by atoms with van der Waals surface area (Å²) in [6.45, 7) is 3.87. The summed E-state index contributed by atoms with van der Waals surface area (Å²) < 4.78 is 5.23. The highest BCUT2D eigenvalue weighted by Gasteiger charge is 2.13. The third-order valence-corrected chi connectivity index (χ3v) is 3.84. The summed E-state index contributed by atoms with van der Waals surface area (Å²) in [6.07, 6.45) is 3.45. The summed E-state index contributed by atoms with van der Waals surface area (Å²) in [5, 5.41) is 13.4. The second kappa shape index (κ2) is 7.17.